The van der Waals surface area contributed by atoms with Crippen LogP contribution in [0.2, 0.25) is 0 Å². The second-order valence-electron chi connectivity index (χ2n) is 4.44. The smallest absolute Gasteiger partial charge is 0.264 e. The summed E-state index contributed by atoms with van der Waals surface area (Å²) in [6, 6.07) is 3.67. The molecule has 1 aliphatic rings. The summed E-state index contributed by atoms with van der Waals surface area (Å²) in [5.41, 5.74) is 0. The number of hydrogen-bond donors (Lipinski definition) is 1. The van der Waals surface area contributed by atoms with Crippen LogP contribution in [0.1, 0.15) is 35.4 Å². The van der Waals surface area contributed by atoms with Gasteiger partial charge >= 0.3 is 0 Å². The van der Waals surface area contributed by atoms with E-state index in [9.17, 15) is 9.90 Å². The van der Waals surface area contributed by atoms with Crippen LogP contribution in [0.5, 0.6) is 0 Å². The van der Waals surface area contributed by atoms with Crippen LogP contribution >= 0.6 is 27.3 Å². The molecule has 1 fully saturated rings. The molecule has 2 rings (SSSR count). The Kier molecular flexibility index (Phi) is 4.22. The molecule has 0 radical (unpaired) electrons. The molecule has 1 aromatic rings. The maximum absolute atomic E-state index is 12.2. The van der Waals surface area contributed by atoms with Gasteiger partial charge in [0.15, 0.2) is 0 Å². The summed E-state index contributed by atoms with van der Waals surface area (Å²) in [5.74, 6) is 0.00616. The molecule has 94 valence electrons. The normalized spacial score (nSPS) is 24.6. The molecule has 5 heteroatoms. The third-order valence-electron chi connectivity index (χ3n) is 3.30. The van der Waals surface area contributed by atoms with Gasteiger partial charge in [-0.25, -0.2) is 0 Å². The van der Waals surface area contributed by atoms with E-state index in [1.165, 1.54) is 11.3 Å². The van der Waals surface area contributed by atoms with Crippen molar-refractivity contribution in [2.45, 2.75) is 37.8 Å². The molecule has 1 saturated carbocycles. The van der Waals surface area contributed by atoms with Gasteiger partial charge in [-0.05, 0) is 40.9 Å². The molecule has 0 spiro atoms. The van der Waals surface area contributed by atoms with Crippen molar-refractivity contribution in [2.75, 3.05) is 7.05 Å². The molecule has 0 aromatic carbocycles. The first kappa shape index (κ1) is 13.1. The average Bonchev–Trinajstić information content (AvgIpc) is 2.75. The number of halogens is 1. The summed E-state index contributed by atoms with van der Waals surface area (Å²) in [6.07, 6.45) is 3.48. The quantitative estimate of drug-likeness (QED) is 0.911. The Bertz CT molecular complexity index is 407. The number of likely N-dealkylation sites (N-methyl/N-ethyl adjacent to an activating group) is 1. The summed E-state index contributed by atoms with van der Waals surface area (Å²) in [4.78, 5) is 14.6. The largest absolute Gasteiger partial charge is 0.391 e. The minimum Gasteiger partial charge on any atom is -0.391 e. The molecule has 0 saturated heterocycles. The van der Waals surface area contributed by atoms with Crippen LogP contribution in [0, 0.1) is 0 Å². The first-order chi connectivity index (χ1) is 8.09. The number of rotatable bonds is 2. The van der Waals surface area contributed by atoms with Crippen LogP contribution in [0.25, 0.3) is 0 Å². The van der Waals surface area contributed by atoms with E-state index in [1.807, 2.05) is 12.1 Å². The lowest BCUT2D eigenvalue weighted by molar-refractivity contribution is 0.0271. The summed E-state index contributed by atoms with van der Waals surface area (Å²) in [6.45, 7) is 0. The number of nitrogens with zero attached hydrogens (tertiary/aromatic N) is 1. The Labute approximate surface area is 114 Å². The highest BCUT2D eigenvalue weighted by atomic mass is 79.9. The Balaban J connectivity index is 2.08. The van der Waals surface area contributed by atoms with Crippen LogP contribution in [0.15, 0.2) is 15.9 Å². The molecule has 3 nitrogen and oxygen atoms in total. The highest BCUT2D eigenvalue weighted by molar-refractivity contribution is 9.11. The van der Waals surface area contributed by atoms with Gasteiger partial charge in [0.25, 0.3) is 5.91 Å². The summed E-state index contributed by atoms with van der Waals surface area (Å²) in [5, 5.41) is 9.94. The van der Waals surface area contributed by atoms with Crippen molar-refractivity contribution in [3.8, 4) is 0 Å². The Morgan fingerprint density at radius 2 is 2.18 bits per heavy atom. The molecule has 0 bridgehead atoms. The van der Waals surface area contributed by atoms with Gasteiger partial charge in [-0.1, -0.05) is 12.8 Å². The highest BCUT2D eigenvalue weighted by Crippen LogP contribution is 2.27. The molecule has 1 aromatic heterocycles. The van der Waals surface area contributed by atoms with Crippen molar-refractivity contribution in [1.29, 1.82) is 0 Å². The van der Waals surface area contributed by atoms with Crippen molar-refractivity contribution >= 4 is 33.2 Å². The minimum absolute atomic E-state index is 0.00616. The van der Waals surface area contributed by atoms with E-state index in [2.05, 4.69) is 15.9 Å². The fraction of sp³-hybridized carbons (Fsp3) is 0.583. The number of hydrogen-bond acceptors (Lipinski definition) is 3. The van der Waals surface area contributed by atoms with Gasteiger partial charge in [-0.15, -0.1) is 11.3 Å². The Morgan fingerprint density at radius 3 is 2.76 bits per heavy atom. The molecule has 17 heavy (non-hydrogen) atoms. The van der Waals surface area contributed by atoms with Crippen molar-refractivity contribution < 1.29 is 9.90 Å². The number of carbonyl (C=O) groups excluding carboxylic acids is 1. The average molecular weight is 318 g/mol. The summed E-state index contributed by atoms with van der Waals surface area (Å²) >= 11 is 4.79. The lowest BCUT2D eigenvalue weighted by atomic mass is 9.91. The maximum atomic E-state index is 12.2. The van der Waals surface area contributed by atoms with Crippen LogP contribution < -0.4 is 0 Å². The second-order valence-corrected chi connectivity index (χ2v) is 6.90. The Morgan fingerprint density at radius 1 is 1.47 bits per heavy atom. The van der Waals surface area contributed by atoms with E-state index >= 15 is 0 Å². The van der Waals surface area contributed by atoms with Gasteiger partial charge in [-0.3, -0.25) is 4.79 Å². The van der Waals surface area contributed by atoms with Gasteiger partial charge in [0.1, 0.15) is 0 Å². The predicted octanol–water partition coefficient (Wildman–Crippen LogP) is 2.89. The van der Waals surface area contributed by atoms with Gasteiger partial charge in [-0.2, -0.15) is 0 Å². The molecule has 1 aliphatic carbocycles. The monoisotopic (exact) mass is 317 g/mol. The van der Waals surface area contributed by atoms with E-state index in [4.69, 9.17) is 0 Å². The topological polar surface area (TPSA) is 40.5 Å². The third-order valence-corrected chi connectivity index (χ3v) is 4.91. The zero-order valence-electron chi connectivity index (χ0n) is 9.73. The molecule has 2 atom stereocenters. The van der Waals surface area contributed by atoms with E-state index in [0.29, 0.717) is 0 Å². The van der Waals surface area contributed by atoms with Gasteiger partial charge in [0.2, 0.25) is 0 Å². The van der Waals surface area contributed by atoms with E-state index in [-0.39, 0.29) is 18.1 Å². The number of carbonyl (C=O) groups is 1. The number of aliphatic hydroxyl groups is 1. The van der Waals surface area contributed by atoms with Crippen molar-refractivity contribution in [3.63, 3.8) is 0 Å². The predicted molar refractivity (Wildman–Crippen MR) is 72.4 cm³/mol. The Hall–Kier alpha value is -0.390. The van der Waals surface area contributed by atoms with E-state index in [1.54, 1.807) is 11.9 Å². The number of thiophene rings is 1. The maximum Gasteiger partial charge on any atom is 0.264 e. The minimum atomic E-state index is -0.374. The van der Waals surface area contributed by atoms with Crippen LogP contribution in [0.3, 0.4) is 0 Å². The van der Waals surface area contributed by atoms with Crippen molar-refractivity contribution in [2.24, 2.45) is 0 Å². The van der Waals surface area contributed by atoms with Gasteiger partial charge < -0.3 is 10.0 Å². The lowest BCUT2D eigenvalue weighted by Gasteiger charge is -2.34. The molecular formula is C12H16BrNO2S. The van der Waals surface area contributed by atoms with E-state index in [0.717, 1.165) is 34.3 Å². The molecule has 0 aliphatic heterocycles. The first-order valence-electron chi connectivity index (χ1n) is 5.80. The molecule has 1 heterocycles. The standard InChI is InChI=1S/C12H16BrNO2S/c1-14(8-4-2-3-5-9(8)15)12(16)10-6-7-11(13)17-10/h6-9,15H,2-5H2,1H3. The summed E-state index contributed by atoms with van der Waals surface area (Å²) < 4.78 is 0.957. The SMILES string of the molecule is CN(C(=O)c1ccc(Br)s1)C1CCCCC1O. The van der Waals surface area contributed by atoms with Gasteiger partial charge in [0, 0.05) is 7.05 Å². The highest BCUT2D eigenvalue weighted by Gasteiger charge is 2.30. The number of aliphatic hydroxyl groups excluding tert-OH is 1. The molecule has 1 amide bonds. The lowest BCUT2D eigenvalue weighted by Crippen LogP contribution is -2.46. The van der Waals surface area contributed by atoms with Crippen molar-refractivity contribution in [3.05, 3.63) is 20.8 Å². The fourth-order valence-electron chi connectivity index (χ4n) is 2.30. The van der Waals surface area contributed by atoms with Crippen LogP contribution in [0.4, 0.5) is 0 Å². The van der Waals surface area contributed by atoms with Crippen LogP contribution in [-0.4, -0.2) is 35.1 Å². The van der Waals surface area contributed by atoms with Crippen LogP contribution in [-0.2, 0) is 0 Å². The van der Waals surface area contributed by atoms with Gasteiger partial charge in [0.05, 0.1) is 20.8 Å². The third kappa shape index (κ3) is 2.89. The molecule has 2 unspecified atom stereocenters. The molecular weight excluding hydrogens is 302 g/mol. The second kappa shape index (κ2) is 5.50. The van der Waals surface area contributed by atoms with E-state index < -0.39 is 0 Å². The summed E-state index contributed by atoms with van der Waals surface area (Å²) in [7, 11) is 1.79. The number of amides is 1. The molecule has 1 N–H and O–H groups in total. The zero-order chi connectivity index (χ0) is 12.4. The fourth-order valence-corrected chi connectivity index (χ4v) is 3.67. The van der Waals surface area contributed by atoms with Crippen molar-refractivity contribution in [1.82, 2.24) is 4.90 Å². The zero-order valence-corrected chi connectivity index (χ0v) is 12.1. The first-order valence-corrected chi connectivity index (χ1v) is 7.41.